The quantitative estimate of drug-likeness (QED) is 0.444. The van der Waals surface area contributed by atoms with Crippen molar-refractivity contribution < 1.29 is 28.9 Å². The van der Waals surface area contributed by atoms with Gasteiger partial charge in [0.1, 0.15) is 5.60 Å². The Bertz CT molecular complexity index is 1120. The summed E-state index contributed by atoms with van der Waals surface area (Å²) in [4.78, 5) is 26.1. The number of esters is 2. The molecule has 0 radical (unpaired) electrons. The Kier molecular flexibility index (Phi) is 4.76. The first kappa shape index (κ1) is 25.8. The highest BCUT2D eigenvalue weighted by Gasteiger charge is 2.81. The maximum absolute atomic E-state index is 13.7. The first-order valence-corrected chi connectivity index (χ1v) is 15.3. The fraction of sp³-hybridized carbons (Fsp3) is 0.938. The molecule has 5 aliphatic carbocycles. The second-order valence-corrected chi connectivity index (χ2v) is 16.4. The molecule has 7 fully saturated rings. The maximum atomic E-state index is 13.7. The van der Waals surface area contributed by atoms with Crippen molar-refractivity contribution in [1.82, 2.24) is 0 Å². The molecule has 6 nitrogen and oxygen atoms in total. The number of ether oxygens (including phenoxy) is 3. The fourth-order valence-electron chi connectivity index (χ4n) is 13.1. The number of carbonyl (C=O) groups is 2. The summed E-state index contributed by atoms with van der Waals surface area (Å²) in [5.74, 6) is -0.755. The van der Waals surface area contributed by atoms with Gasteiger partial charge in [0, 0.05) is 24.7 Å². The van der Waals surface area contributed by atoms with Crippen LogP contribution >= 0.6 is 0 Å². The number of fused-ring (bicyclic) bond motifs is 5. The van der Waals surface area contributed by atoms with Gasteiger partial charge in [-0.05, 0) is 91.8 Å². The molecule has 38 heavy (non-hydrogen) atoms. The van der Waals surface area contributed by atoms with E-state index in [0.29, 0.717) is 18.3 Å². The van der Waals surface area contributed by atoms with Crippen molar-refractivity contribution in [2.24, 2.45) is 56.7 Å². The average Bonchev–Trinajstić information content (AvgIpc) is 2.89. The molecular formula is C32H48O6. The van der Waals surface area contributed by atoms with Gasteiger partial charge in [-0.15, -0.1) is 0 Å². The van der Waals surface area contributed by atoms with Crippen molar-refractivity contribution in [1.29, 1.82) is 0 Å². The molecule has 2 saturated heterocycles. The summed E-state index contributed by atoms with van der Waals surface area (Å²) in [5, 5.41) is 12.5. The molecule has 6 heteroatoms. The minimum Gasteiger partial charge on any atom is -0.458 e. The van der Waals surface area contributed by atoms with Crippen LogP contribution < -0.4 is 0 Å². The molecule has 0 amide bonds. The van der Waals surface area contributed by atoms with Gasteiger partial charge in [0.25, 0.3) is 0 Å². The Morgan fingerprint density at radius 2 is 1.68 bits per heavy atom. The van der Waals surface area contributed by atoms with E-state index >= 15 is 0 Å². The maximum Gasteiger partial charge on any atom is 0.313 e. The monoisotopic (exact) mass is 528 g/mol. The van der Waals surface area contributed by atoms with Gasteiger partial charge in [-0.2, -0.15) is 0 Å². The Morgan fingerprint density at radius 3 is 2.37 bits per heavy atom. The van der Waals surface area contributed by atoms with Crippen LogP contribution in [-0.2, 0) is 23.8 Å². The van der Waals surface area contributed by atoms with E-state index in [0.717, 1.165) is 44.9 Å². The molecule has 0 spiro atoms. The number of hydrogen-bond donors (Lipinski definition) is 1. The van der Waals surface area contributed by atoms with E-state index in [1.807, 2.05) is 0 Å². The predicted molar refractivity (Wildman–Crippen MR) is 140 cm³/mol. The summed E-state index contributed by atoms with van der Waals surface area (Å²) >= 11 is 0. The number of aliphatic hydroxyl groups is 1. The second kappa shape index (κ2) is 7.01. The van der Waals surface area contributed by atoms with Crippen LogP contribution in [0.15, 0.2) is 0 Å². The summed E-state index contributed by atoms with van der Waals surface area (Å²) in [6, 6.07) is 0. The van der Waals surface area contributed by atoms with Crippen LogP contribution in [0, 0.1) is 56.7 Å². The summed E-state index contributed by atoms with van der Waals surface area (Å²) < 4.78 is 19.5. The molecule has 7 rings (SSSR count). The van der Waals surface area contributed by atoms with Crippen LogP contribution in [0.1, 0.15) is 107 Å². The molecule has 0 aromatic rings. The Labute approximate surface area is 227 Å². The summed E-state index contributed by atoms with van der Waals surface area (Å²) in [7, 11) is 0. The summed E-state index contributed by atoms with van der Waals surface area (Å²) in [6.07, 6.45) is 6.41. The van der Waals surface area contributed by atoms with Gasteiger partial charge in [-0.1, -0.05) is 41.5 Å². The third-order valence-electron chi connectivity index (χ3n) is 14.9. The number of hydrogen-bond acceptors (Lipinski definition) is 6. The van der Waals surface area contributed by atoms with Gasteiger partial charge in [-0.3, -0.25) is 9.59 Å². The highest BCUT2D eigenvalue weighted by atomic mass is 16.7. The van der Waals surface area contributed by atoms with Crippen LogP contribution in [0.3, 0.4) is 0 Å². The molecular weight excluding hydrogens is 480 g/mol. The minimum absolute atomic E-state index is 0.00402. The second-order valence-electron chi connectivity index (χ2n) is 16.4. The molecule has 2 heterocycles. The Hall–Kier alpha value is -1.14. The standard InChI is InChI=1S/C32H48O6/c1-17-9-12-31-14-13-29(7)22(23(31)30(17,8)38-25(31)34)19-15-21-27(5)16-32(35,37-19)24(36-18(2)33)26(3,4)20(27)10-11-28(21,29)6/h17,19-24,35H,9-16H2,1-8H3/t17-,19-,20?,21?,22-,23-,24-,27+,28-,29-,30+,31+,32+/m1/s1. The van der Waals surface area contributed by atoms with Crippen LogP contribution in [0.2, 0.25) is 0 Å². The molecule has 7 aliphatic rings. The van der Waals surface area contributed by atoms with E-state index in [1.165, 1.54) is 6.92 Å². The lowest BCUT2D eigenvalue weighted by atomic mass is 9.31. The molecule has 2 unspecified atom stereocenters. The third-order valence-corrected chi connectivity index (χ3v) is 14.9. The van der Waals surface area contributed by atoms with Gasteiger partial charge in [0.2, 0.25) is 5.79 Å². The van der Waals surface area contributed by atoms with Crippen LogP contribution in [-0.4, -0.2) is 40.6 Å². The van der Waals surface area contributed by atoms with Gasteiger partial charge < -0.3 is 19.3 Å². The lowest BCUT2D eigenvalue weighted by Gasteiger charge is -2.72. The highest BCUT2D eigenvalue weighted by Crippen LogP contribution is 2.80. The van der Waals surface area contributed by atoms with Crippen molar-refractivity contribution in [3.63, 3.8) is 0 Å². The number of carbonyl (C=O) groups excluding carboxylic acids is 2. The van der Waals surface area contributed by atoms with E-state index in [9.17, 15) is 14.7 Å². The molecule has 1 N–H and O–H groups in total. The largest absolute Gasteiger partial charge is 0.458 e. The highest BCUT2D eigenvalue weighted by molar-refractivity contribution is 5.81. The first-order chi connectivity index (χ1) is 17.5. The first-order valence-electron chi connectivity index (χ1n) is 15.3. The van der Waals surface area contributed by atoms with Gasteiger partial charge in [-0.25, -0.2) is 0 Å². The molecule has 6 bridgehead atoms. The zero-order chi connectivity index (χ0) is 27.5. The summed E-state index contributed by atoms with van der Waals surface area (Å²) in [6.45, 7) is 17.7. The lowest BCUT2D eigenvalue weighted by Crippen LogP contribution is -2.70. The fourth-order valence-corrected chi connectivity index (χ4v) is 13.1. The average molecular weight is 529 g/mol. The normalized spacial score (nSPS) is 61.3. The molecule has 212 valence electrons. The van der Waals surface area contributed by atoms with Crippen molar-refractivity contribution in [3.05, 3.63) is 0 Å². The van der Waals surface area contributed by atoms with Crippen LogP contribution in [0.25, 0.3) is 0 Å². The molecule has 0 aromatic heterocycles. The van der Waals surface area contributed by atoms with Crippen LogP contribution in [0.5, 0.6) is 0 Å². The van der Waals surface area contributed by atoms with Crippen molar-refractivity contribution in [3.8, 4) is 0 Å². The van der Waals surface area contributed by atoms with Crippen LogP contribution in [0.4, 0.5) is 0 Å². The van der Waals surface area contributed by atoms with E-state index < -0.39 is 28.3 Å². The van der Waals surface area contributed by atoms with E-state index in [4.69, 9.17) is 14.2 Å². The van der Waals surface area contributed by atoms with E-state index in [2.05, 4.69) is 48.5 Å². The molecule has 5 saturated carbocycles. The van der Waals surface area contributed by atoms with Crippen molar-refractivity contribution >= 4 is 11.9 Å². The molecule has 2 aliphatic heterocycles. The van der Waals surface area contributed by atoms with E-state index in [1.54, 1.807) is 0 Å². The zero-order valence-electron chi connectivity index (χ0n) is 24.7. The topological polar surface area (TPSA) is 82.1 Å². The minimum atomic E-state index is -1.56. The zero-order valence-corrected chi connectivity index (χ0v) is 24.7. The lowest BCUT2D eigenvalue weighted by molar-refractivity contribution is -0.342. The number of rotatable bonds is 1. The van der Waals surface area contributed by atoms with Gasteiger partial charge in [0.05, 0.1) is 11.5 Å². The molecule has 0 aromatic carbocycles. The third kappa shape index (κ3) is 2.56. The molecule has 13 atom stereocenters. The van der Waals surface area contributed by atoms with E-state index in [-0.39, 0.29) is 52.0 Å². The smallest absolute Gasteiger partial charge is 0.313 e. The van der Waals surface area contributed by atoms with Gasteiger partial charge >= 0.3 is 11.9 Å². The van der Waals surface area contributed by atoms with Crippen molar-refractivity contribution in [2.75, 3.05) is 0 Å². The summed E-state index contributed by atoms with van der Waals surface area (Å²) in [5.41, 5.74) is -1.49. The SMILES string of the molecule is CC(=O)O[C@@H]1C(C)(C)C2CC[C@]3(C)C4C[C@@H](O[C@@]1(O)C[C@@]24C)[C@@H]1[C@H]2[C@]4(CC[C@@H](C)[C@]2(C)OC4=O)CC[C@]13C. The van der Waals surface area contributed by atoms with Crippen molar-refractivity contribution in [2.45, 2.75) is 130 Å². The van der Waals surface area contributed by atoms with Gasteiger partial charge in [0.15, 0.2) is 6.10 Å². The predicted octanol–water partition coefficient (Wildman–Crippen LogP) is 5.64. The Balaban J connectivity index is 1.45. The Morgan fingerprint density at radius 1 is 0.974 bits per heavy atom.